The molecule has 2 atom stereocenters. The predicted octanol–water partition coefficient (Wildman–Crippen LogP) is 0.790. The molecule has 0 unspecified atom stereocenters. The third-order valence-corrected chi connectivity index (χ3v) is 1.54. The Bertz CT molecular complexity index is 104. The van der Waals surface area contributed by atoms with Crippen molar-refractivity contribution in [2.24, 2.45) is 5.92 Å². The van der Waals surface area contributed by atoms with E-state index in [1.165, 1.54) is 0 Å². The fourth-order valence-corrected chi connectivity index (χ4v) is 0.678. The van der Waals surface area contributed by atoms with Crippen molar-refractivity contribution in [1.29, 1.82) is 0 Å². The Morgan fingerprint density at radius 1 is 1.64 bits per heavy atom. The number of rotatable bonds is 6. The molecule has 0 heterocycles. The molecule has 66 valence electrons. The molecule has 0 aliphatic carbocycles. The van der Waals surface area contributed by atoms with E-state index < -0.39 is 0 Å². The molecule has 11 heavy (non-hydrogen) atoms. The summed E-state index contributed by atoms with van der Waals surface area (Å²) in [5.41, 5.74) is 0. The molecule has 0 radical (unpaired) electrons. The topological polar surface area (TPSA) is 38.7 Å². The monoisotopic (exact) mass is 160 g/mol. The number of hydrogen-bond donors (Lipinski definition) is 1. The second-order valence-corrected chi connectivity index (χ2v) is 2.39. The van der Waals surface area contributed by atoms with Crippen molar-refractivity contribution >= 4 is 0 Å². The molecule has 0 fully saturated rings. The van der Waals surface area contributed by atoms with Gasteiger partial charge in [-0.2, -0.15) is 0 Å². The van der Waals surface area contributed by atoms with Crippen molar-refractivity contribution in [2.45, 2.75) is 13.0 Å². The smallest absolute Gasteiger partial charge is 0.146 e. The van der Waals surface area contributed by atoms with Crippen molar-refractivity contribution in [2.75, 3.05) is 20.5 Å². The van der Waals surface area contributed by atoms with Crippen LogP contribution in [-0.2, 0) is 9.47 Å². The largest absolute Gasteiger partial charge is 0.394 e. The molecule has 0 aromatic carbocycles. The molecule has 0 spiro atoms. The lowest BCUT2D eigenvalue weighted by Crippen LogP contribution is -2.25. The highest BCUT2D eigenvalue weighted by atomic mass is 16.7. The fraction of sp³-hybridized carbons (Fsp3) is 0.750. The highest BCUT2D eigenvalue weighted by molar-refractivity contribution is 4.81. The summed E-state index contributed by atoms with van der Waals surface area (Å²) in [7, 11) is 1.55. The summed E-state index contributed by atoms with van der Waals surface area (Å²) >= 11 is 0. The molecular weight excluding hydrogens is 144 g/mol. The Hall–Kier alpha value is -0.380. The summed E-state index contributed by atoms with van der Waals surface area (Å²) in [6.07, 6.45) is 1.55. The highest BCUT2D eigenvalue weighted by Crippen LogP contribution is 2.07. The average Bonchev–Trinajstić information content (AvgIpc) is 2.05. The summed E-state index contributed by atoms with van der Waals surface area (Å²) in [5, 5.41) is 8.83. The van der Waals surface area contributed by atoms with Gasteiger partial charge in [0.15, 0.2) is 0 Å². The number of aliphatic hydroxyl groups is 1. The van der Waals surface area contributed by atoms with Gasteiger partial charge in [-0.3, -0.25) is 0 Å². The maximum absolute atomic E-state index is 8.83. The van der Waals surface area contributed by atoms with E-state index >= 15 is 0 Å². The van der Waals surface area contributed by atoms with E-state index in [1.807, 2.05) is 6.92 Å². The lowest BCUT2D eigenvalue weighted by atomic mass is 10.1. The quantitative estimate of drug-likeness (QED) is 0.461. The first-order valence-electron chi connectivity index (χ1n) is 3.60. The molecule has 0 saturated carbocycles. The SMILES string of the molecule is C=C[C@H](C)[C@@H](CO)OCOC. The molecule has 0 rings (SSSR count). The van der Waals surface area contributed by atoms with Crippen molar-refractivity contribution in [1.82, 2.24) is 0 Å². The Kier molecular flexibility index (Phi) is 6.12. The second-order valence-electron chi connectivity index (χ2n) is 2.39. The van der Waals surface area contributed by atoms with Gasteiger partial charge in [0, 0.05) is 13.0 Å². The second kappa shape index (κ2) is 6.34. The first-order valence-corrected chi connectivity index (χ1v) is 3.60. The minimum absolute atomic E-state index is 0.00343. The van der Waals surface area contributed by atoms with E-state index in [2.05, 4.69) is 6.58 Å². The third kappa shape index (κ3) is 4.14. The molecule has 0 aliphatic heterocycles. The summed E-state index contributed by atoms with van der Waals surface area (Å²) in [4.78, 5) is 0. The minimum atomic E-state index is -0.201. The van der Waals surface area contributed by atoms with Crippen LogP contribution in [-0.4, -0.2) is 31.7 Å². The van der Waals surface area contributed by atoms with Crippen LogP contribution in [0.25, 0.3) is 0 Å². The summed E-state index contributed by atoms with van der Waals surface area (Å²) in [6, 6.07) is 0. The van der Waals surface area contributed by atoms with Gasteiger partial charge in [-0.1, -0.05) is 13.0 Å². The van der Waals surface area contributed by atoms with E-state index in [1.54, 1.807) is 13.2 Å². The first kappa shape index (κ1) is 10.6. The third-order valence-electron chi connectivity index (χ3n) is 1.54. The highest BCUT2D eigenvalue weighted by Gasteiger charge is 2.12. The van der Waals surface area contributed by atoms with Crippen LogP contribution < -0.4 is 0 Å². The fourth-order valence-electron chi connectivity index (χ4n) is 0.678. The van der Waals surface area contributed by atoms with Gasteiger partial charge < -0.3 is 14.6 Å². The van der Waals surface area contributed by atoms with Crippen LogP contribution in [0.3, 0.4) is 0 Å². The van der Waals surface area contributed by atoms with Crippen molar-refractivity contribution in [3.05, 3.63) is 12.7 Å². The molecule has 1 N–H and O–H groups in total. The van der Waals surface area contributed by atoms with E-state index in [4.69, 9.17) is 14.6 Å². The number of aliphatic hydroxyl groups excluding tert-OH is 1. The van der Waals surface area contributed by atoms with Gasteiger partial charge in [0.2, 0.25) is 0 Å². The maximum Gasteiger partial charge on any atom is 0.146 e. The van der Waals surface area contributed by atoms with Crippen molar-refractivity contribution in [3.63, 3.8) is 0 Å². The molecule has 3 nitrogen and oxygen atoms in total. The molecule has 0 aromatic heterocycles. The maximum atomic E-state index is 8.83. The van der Waals surface area contributed by atoms with Crippen LogP contribution in [0.2, 0.25) is 0 Å². The van der Waals surface area contributed by atoms with Gasteiger partial charge >= 0.3 is 0 Å². The molecule has 3 heteroatoms. The lowest BCUT2D eigenvalue weighted by molar-refractivity contribution is -0.0983. The molecule has 0 bridgehead atoms. The van der Waals surface area contributed by atoms with E-state index in [9.17, 15) is 0 Å². The molecule has 0 aliphatic rings. The molecular formula is C8H16O3. The van der Waals surface area contributed by atoms with Gasteiger partial charge in [0.1, 0.15) is 6.79 Å². The minimum Gasteiger partial charge on any atom is -0.394 e. The average molecular weight is 160 g/mol. The number of hydrogen-bond acceptors (Lipinski definition) is 3. The normalized spacial score (nSPS) is 15.9. The zero-order valence-corrected chi connectivity index (χ0v) is 7.12. The van der Waals surface area contributed by atoms with Crippen LogP contribution in [0, 0.1) is 5.92 Å². The van der Waals surface area contributed by atoms with Gasteiger partial charge in [-0.25, -0.2) is 0 Å². The Morgan fingerprint density at radius 2 is 2.27 bits per heavy atom. The van der Waals surface area contributed by atoms with Gasteiger partial charge in [0.25, 0.3) is 0 Å². The van der Waals surface area contributed by atoms with Gasteiger partial charge in [-0.05, 0) is 0 Å². The zero-order chi connectivity index (χ0) is 8.69. The first-order chi connectivity index (χ1) is 5.26. The van der Waals surface area contributed by atoms with Gasteiger partial charge in [-0.15, -0.1) is 6.58 Å². The van der Waals surface area contributed by atoms with Crippen molar-refractivity contribution < 1.29 is 14.6 Å². The molecule has 0 aromatic rings. The standard InChI is InChI=1S/C8H16O3/c1-4-7(2)8(5-9)11-6-10-3/h4,7-9H,1,5-6H2,2-3H3/t7-,8+/m0/s1. The number of ether oxygens (including phenoxy) is 2. The van der Waals surface area contributed by atoms with Crippen molar-refractivity contribution in [3.8, 4) is 0 Å². The van der Waals surface area contributed by atoms with Crippen LogP contribution in [0.15, 0.2) is 12.7 Å². The van der Waals surface area contributed by atoms with Crippen LogP contribution >= 0.6 is 0 Å². The van der Waals surface area contributed by atoms with Gasteiger partial charge in [0.05, 0.1) is 12.7 Å². The molecule has 0 saturated heterocycles. The summed E-state index contributed by atoms with van der Waals surface area (Å²) in [5.74, 6) is 0.148. The number of methoxy groups -OCH3 is 1. The zero-order valence-electron chi connectivity index (χ0n) is 7.12. The Balaban J connectivity index is 3.64. The Labute approximate surface area is 67.6 Å². The lowest BCUT2D eigenvalue weighted by Gasteiger charge is -2.18. The van der Waals surface area contributed by atoms with E-state index in [0.717, 1.165) is 0 Å². The van der Waals surface area contributed by atoms with E-state index in [-0.39, 0.29) is 25.4 Å². The predicted molar refractivity (Wildman–Crippen MR) is 43.2 cm³/mol. The summed E-state index contributed by atoms with van der Waals surface area (Å²) < 4.78 is 9.85. The molecule has 0 amide bonds. The van der Waals surface area contributed by atoms with Crippen LogP contribution in [0.5, 0.6) is 0 Å². The van der Waals surface area contributed by atoms with Crippen LogP contribution in [0.1, 0.15) is 6.92 Å². The summed E-state index contributed by atoms with van der Waals surface area (Å²) in [6.45, 7) is 5.75. The van der Waals surface area contributed by atoms with E-state index in [0.29, 0.717) is 0 Å². The van der Waals surface area contributed by atoms with Crippen LogP contribution in [0.4, 0.5) is 0 Å². The Morgan fingerprint density at radius 3 is 2.64 bits per heavy atom.